The van der Waals surface area contributed by atoms with Crippen LogP contribution >= 0.6 is 0 Å². The zero-order chi connectivity index (χ0) is 21.9. The topological polar surface area (TPSA) is 120 Å². The zero-order valence-electron chi connectivity index (χ0n) is 14.9. The lowest BCUT2D eigenvalue weighted by Crippen LogP contribution is -2.16. The van der Waals surface area contributed by atoms with Crippen molar-refractivity contribution in [2.45, 2.75) is 18.0 Å². The van der Waals surface area contributed by atoms with E-state index in [4.69, 9.17) is 17.4 Å². The Bertz CT molecular complexity index is 966. The first-order valence-electron chi connectivity index (χ1n) is 7.69. The van der Waals surface area contributed by atoms with Gasteiger partial charge >= 0.3 is 6.18 Å². The summed E-state index contributed by atoms with van der Waals surface area (Å²) in [7, 11) is 1.44. The number of ether oxygens (including phenoxy) is 1. The van der Waals surface area contributed by atoms with Crippen LogP contribution in [-0.4, -0.2) is 28.2 Å². The molecular formula is C16H14F3N4O5S-. The van der Waals surface area contributed by atoms with E-state index in [1.54, 1.807) is 18.2 Å². The number of nitrogens with one attached hydrogen (secondary N) is 1. The number of anilines is 2. The van der Waals surface area contributed by atoms with E-state index in [9.17, 15) is 33.7 Å². The normalized spacial score (nSPS) is 11.9. The van der Waals surface area contributed by atoms with Crippen molar-refractivity contribution in [1.82, 2.24) is 0 Å². The Morgan fingerprint density at radius 2 is 1.97 bits per heavy atom. The Morgan fingerprint density at radius 3 is 2.45 bits per heavy atom. The quantitative estimate of drug-likeness (QED) is 0.272. The molecule has 0 aromatic heterocycles. The fraction of sp³-hybridized carbons (Fsp3) is 0.188. The maximum Gasteiger partial charge on any atom is 0.416 e. The number of hydrogen-bond acceptors (Lipinski definition) is 9. The monoisotopic (exact) mass is 431 g/mol. The van der Waals surface area contributed by atoms with E-state index in [1.165, 1.54) is 14.0 Å². The van der Waals surface area contributed by atoms with E-state index in [0.29, 0.717) is 22.3 Å². The van der Waals surface area contributed by atoms with Crippen LogP contribution in [0.25, 0.3) is 0 Å². The van der Waals surface area contributed by atoms with Crippen LogP contribution < -0.4 is 15.4 Å². The molecule has 2 aromatic carbocycles. The minimum Gasteiger partial charge on any atom is -0.776 e. The van der Waals surface area contributed by atoms with Crippen molar-refractivity contribution in [3.63, 3.8) is 0 Å². The van der Waals surface area contributed by atoms with Crippen LogP contribution in [0.2, 0.25) is 0 Å². The molecule has 29 heavy (non-hydrogen) atoms. The van der Waals surface area contributed by atoms with E-state index in [1.807, 2.05) is 0 Å². The van der Waals surface area contributed by atoms with Crippen molar-refractivity contribution in [1.29, 1.82) is 0 Å². The molecule has 0 fully saturated rings. The highest BCUT2D eigenvalue weighted by molar-refractivity contribution is 7.59. The highest BCUT2D eigenvalue weighted by Crippen LogP contribution is 2.41. The summed E-state index contributed by atoms with van der Waals surface area (Å²) in [6.45, 7) is 1.51. The minimum absolute atomic E-state index is 0.259. The van der Waals surface area contributed by atoms with Gasteiger partial charge in [-0.05, 0) is 30.7 Å². The third kappa shape index (κ3) is 5.01. The lowest BCUT2D eigenvalue weighted by molar-refractivity contribution is -0.384. The fourth-order valence-corrected chi connectivity index (χ4v) is 2.58. The highest BCUT2D eigenvalue weighted by Gasteiger charge is 2.35. The van der Waals surface area contributed by atoms with Crippen LogP contribution in [0.4, 0.5) is 30.2 Å². The molecule has 0 unspecified atom stereocenters. The van der Waals surface area contributed by atoms with Gasteiger partial charge < -0.3 is 17.4 Å². The average molecular weight is 431 g/mol. The predicted octanol–water partition coefficient (Wildman–Crippen LogP) is 3.95. The molecule has 0 bridgehead atoms. The number of rotatable bonds is 6. The van der Waals surface area contributed by atoms with Gasteiger partial charge in [0, 0.05) is 6.07 Å². The number of halogens is 3. The van der Waals surface area contributed by atoms with Crippen LogP contribution in [0.5, 0.6) is 5.75 Å². The summed E-state index contributed by atoms with van der Waals surface area (Å²) in [6, 6.07) is 5.30. The Morgan fingerprint density at radius 1 is 1.31 bits per heavy atom. The van der Waals surface area contributed by atoms with Crippen molar-refractivity contribution in [2.75, 3.05) is 17.8 Å². The van der Waals surface area contributed by atoms with Gasteiger partial charge in [-0.25, -0.2) is 0 Å². The van der Waals surface area contributed by atoms with E-state index in [2.05, 4.69) is 10.5 Å². The van der Waals surface area contributed by atoms with Crippen molar-refractivity contribution in [3.8, 4) is 5.75 Å². The number of methoxy groups -OCH3 is 1. The summed E-state index contributed by atoms with van der Waals surface area (Å²) in [4.78, 5) is 10.5. The fourth-order valence-electron chi connectivity index (χ4n) is 2.30. The summed E-state index contributed by atoms with van der Waals surface area (Å²) in [6.07, 6.45) is -4.95. The second-order valence-corrected chi connectivity index (χ2v) is 6.05. The smallest absolute Gasteiger partial charge is 0.416 e. The molecule has 0 saturated heterocycles. The van der Waals surface area contributed by atoms with Crippen LogP contribution in [0.1, 0.15) is 18.1 Å². The van der Waals surface area contributed by atoms with Crippen LogP contribution in [0.15, 0.2) is 40.3 Å². The maximum absolute atomic E-state index is 13.0. The molecule has 0 heterocycles. The number of hydrazone groups is 1. The van der Waals surface area contributed by atoms with Crippen LogP contribution in [0, 0.1) is 10.1 Å². The molecule has 156 valence electrons. The molecule has 0 aliphatic carbocycles. The Balaban J connectivity index is 2.51. The van der Waals surface area contributed by atoms with Gasteiger partial charge in [-0.1, -0.05) is 6.07 Å². The molecule has 0 amide bonds. The average Bonchev–Trinajstić information content (AvgIpc) is 2.64. The van der Waals surface area contributed by atoms with E-state index < -0.39 is 39.0 Å². The number of nitrogens with zero attached hydrogens (tertiary/aromatic N) is 3. The summed E-state index contributed by atoms with van der Waals surface area (Å²) >= 11 is 5.13. The van der Waals surface area contributed by atoms with Crippen molar-refractivity contribution in [2.24, 2.45) is 5.10 Å². The van der Waals surface area contributed by atoms with Gasteiger partial charge in [0.05, 0.1) is 29.1 Å². The Labute approximate surface area is 167 Å². The molecular weight excluding hydrogens is 417 g/mol. The molecule has 9 nitrogen and oxygen atoms in total. The summed E-state index contributed by atoms with van der Waals surface area (Å²) in [5, 5.41) is 33.0. The maximum atomic E-state index is 13.0. The predicted molar refractivity (Wildman–Crippen MR) is 98.6 cm³/mol. The highest BCUT2D eigenvalue weighted by atomic mass is 32.1. The molecule has 2 aromatic rings. The van der Waals surface area contributed by atoms with Gasteiger partial charge in [0.15, 0.2) is 5.69 Å². The molecule has 0 spiro atoms. The van der Waals surface area contributed by atoms with Crippen molar-refractivity contribution in [3.05, 3.63) is 51.6 Å². The standard InChI is InChI=1S/C16H15F3N4O5S/c1-8(9-3-4-13(28-2)14(29)5-9)20-21-15-11(22(24)25)6-10(16(17,18)19)7-12(15)23(26)27/h3-7,21,24-25,29H,1-2H3/p-1/b20-8+. The minimum atomic E-state index is -4.95. The third-order valence-electron chi connectivity index (χ3n) is 3.75. The van der Waals surface area contributed by atoms with Gasteiger partial charge in [-0.2, -0.15) is 18.3 Å². The number of nitro groups is 1. The molecule has 0 aliphatic rings. The first-order chi connectivity index (χ1) is 13.5. The van der Waals surface area contributed by atoms with Gasteiger partial charge in [-0.15, -0.1) is 10.1 Å². The summed E-state index contributed by atoms with van der Waals surface area (Å²) < 4.78 is 44.0. The largest absolute Gasteiger partial charge is 0.776 e. The Hall–Kier alpha value is -3.16. The second-order valence-electron chi connectivity index (χ2n) is 5.61. The van der Waals surface area contributed by atoms with Gasteiger partial charge in [0.1, 0.15) is 5.69 Å². The number of benzene rings is 2. The molecule has 0 atom stereocenters. The van der Waals surface area contributed by atoms with E-state index in [-0.39, 0.29) is 11.8 Å². The Kier molecular flexibility index (Phi) is 6.46. The first kappa shape index (κ1) is 22.1. The molecule has 3 N–H and O–H groups in total. The van der Waals surface area contributed by atoms with Crippen LogP contribution in [-0.2, 0) is 18.8 Å². The van der Waals surface area contributed by atoms with E-state index >= 15 is 0 Å². The lowest BCUT2D eigenvalue weighted by Gasteiger charge is -2.17. The van der Waals surface area contributed by atoms with E-state index in [0.717, 1.165) is 0 Å². The third-order valence-corrected chi connectivity index (χ3v) is 4.07. The van der Waals surface area contributed by atoms with Crippen molar-refractivity contribution < 1.29 is 33.2 Å². The number of alkyl halides is 3. The second kappa shape index (κ2) is 8.46. The molecule has 0 aliphatic heterocycles. The van der Waals surface area contributed by atoms with Gasteiger partial charge in [0.25, 0.3) is 5.69 Å². The number of hydrogen-bond donors (Lipinski definition) is 3. The van der Waals surface area contributed by atoms with Gasteiger partial charge in [-0.3, -0.25) is 26.0 Å². The molecule has 13 heteroatoms. The lowest BCUT2D eigenvalue weighted by atomic mass is 10.1. The zero-order valence-corrected chi connectivity index (χ0v) is 15.7. The molecule has 0 saturated carbocycles. The van der Waals surface area contributed by atoms with Crippen molar-refractivity contribution >= 4 is 35.4 Å². The first-order valence-corrected chi connectivity index (χ1v) is 8.09. The summed E-state index contributed by atoms with van der Waals surface area (Å²) in [5.41, 5.74) is -1.08. The SMILES string of the molecule is COc1ccc(/C(C)=N/Nc2c(N(O)O)cc(C(F)(F)F)cc2[N+](=O)[O-])cc1[S-]. The summed E-state index contributed by atoms with van der Waals surface area (Å²) in [5.74, 6) is 0.446. The van der Waals surface area contributed by atoms with Crippen LogP contribution in [0.3, 0.4) is 0 Å². The number of nitro benzene ring substituents is 1. The molecule has 2 rings (SSSR count). The molecule has 0 radical (unpaired) electrons. The van der Waals surface area contributed by atoms with Gasteiger partial charge in [0.2, 0.25) is 0 Å².